The maximum Gasteiger partial charge on any atom is 0.249 e. The lowest BCUT2D eigenvalue weighted by atomic mass is 9.83. The summed E-state index contributed by atoms with van der Waals surface area (Å²) in [4.78, 5) is 25.8. The molecule has 0 bridgehead atoms. The quantitative estimate of drug-likeness (QED) is 0.853. The summed E-state index contributed by atoms with van der Waals surface area (Å²) in [7, 11) is 0. The number of allylic oxidation sites excluding steroid dienone is 1. The number of hydrogen-bond acceptors (Lipinski definition) is 3. The van der Waals surface area contributed by atoms with Crippen LogP contribution in [0.15, 0.2) is 30.5 Å². The Balaban J connectivity index is 2.06. The van der Waals surface area contributed by atoms with Crippen LogP contribution >= 0.6 is 0 Å². The van der Waals surface area contributed by atoms with Crippen molar-refractivity contribution in [1.29, 1.82) is 0 Å². The van der Waals surface area contributed by atoms with Gasteiger partial charge in [-0.15, -0.1) is 0 Å². The minimum Gasteiger partial charge on any atom is -0.332 e. The topological polar surface area (TPSA) is 49.4 Å². The molecule has 2 aliphatic heterocycles. The van der Waals surface area contributed by atoms with E-state index in [1.807, 2.05) is 4.90 Å². The fourth-order valence-corrected chi connectivity index (χ4v) is 3.51. The molecule has 3 rings (SSSR count). The number of carbonyl (C=O) groups excluding carboxylic acids is 2. The van der Waals surface area contributed by atoms with E-state index in [0.717, 1.165) is 11.4 Å². The van der Waals surface area contributed by atoms with Gasteiger partial charge < -0.3 is 4.90 Å². The predicted octanol–water partition coefficient (Wildman–Crippen LogP) is 3.23. The molecular weight excluding hydrogens is 288 g/mol. The van der Waals surface area contributed by atoms with Crippen LogP contribution in [0.4, 0.5) is 5.69 Å². The Morgan fingerprint density at radius 2 is 2.00 bits per heavy atom. The molecule has 0 saturated carbocycles. The molecular formula is C19H24N2O2. The number of anilines is 1. The van der Waals surface area contributed by atoms with Gasteiger partial charge in [-0.3, -0.25) is 14.9 Å². The van der Waals surface area contributed by atoms with Crippen LogP contribution in [0.5, 0.6) is 0 Å². The van der Waals surface area contributed by atoms with Crippen molar-refractivity contribution < 1.29 is 9.59 Å². The summed E-state index contributed by atoms with van der Waals surface area (Å²) in [5, 5.41) is 2.45. The number of fused-ring (bicyclic) bond motifs is 1. The monoisotopic (exact) mass is 312 g/mol. The molecule has 1 aromatic rings. The molecule has 23 heavy (non-hydrogen) atoms. The third kappa shape index (κ3) is 2.37. The Morgan fingerprint density at radius 1 is 1.30 bits per heavy atom. The number of nitrogens with zero attached hydrogens (tertiary/aromatic N) is 1. The van der Waals surface area contributed by atoms with Gasteiger partial charge in [0.15, 0.2) is 0 Å². The van der Waals surface area contributed by atoms with E-state index in [1.165, 1.54) is 11.1 Å². The van der Waals surface area contributed by atoms with Crippen molar-refractivity contribution in [3.05, 3.63) is 41.6 Å². The lowest BCUT2D eigenvalue weighted by molar-refractivity contribution is -0.134. The second-order valence-corrected chi connectivity index (χ2v) is 7.34. The number of imide groups is 1. The number of benzene rings is 1. The van der Waals surface area contributed by atoms with Crippen LogP contribution < -0.4 is 10.2 Å². The zero-order valence-electron chi connectivity index (χ0n) is 14.3. The van der Waals surface area contributed by atoms with E-state index < -0.39 is 0 Å². The number of rotatable bonds is 2. The van der Waals surface area contributed by atoms with E-state index in [0.29, 0.717) is 18.8 Å². The summed E-state index contributed by atoms with van der Waals surface area (Å²) in [6.07, 6.45) is 0.908. The number of carbonyl (C=O) groups is 2. The van der Waals surface area contributed by atoms with Crippen LogP contribution in [0.25, 0.3) is 0 Å². The number of nitrogens with one attached hydrogen (secondary N) is 1. The van der Waals surface area contributed by atoms with E-state index >= 15 is 0 Å². The zero-order valence-corrected chi connectivity index (χ0v) is 14.3. The van der Waals surface area contributed by atoms with Crippen LogP contribution in [0, 0.1) is 0 Å². The highest BCUT2D eigenvalue weighted by molar-refractivity contribution is 6.02. The minimum atomic E-state index is -0.356. The van der Waals surface area contributed by atoms with E-state index in [1.54, 1.807) is 0 Å². The normalized spacial score (nSPS) is 23.3. The molecule has 0 spiro atoms. The lowest BCUT2D eigenvalue weighted by Gasteiger charge is -2.34. The van der Waals surface area contributed by atoms with Crippen molar-refractivity contribution in [1.82, 2.24) is 5.32 Å². The highest BCUT2D eigenvalue weighted by Crippen LogP contribution is 2.49. The zero-order chi connectivity index (χ0) is 16.9. The first kappa shape index (κ1) is 15.8. The molecule has 0 aliphatic carbocycles. The molecule has 2 aliphatic rings. The van der Waals surface area contributed by atoms with Crippen molar-refractivity contribution in [2.75, 3.05) is 4.90 Å². The maximum absolute atomic E-state index is 12.3. The molecule has 1 atom stereocenters. The van der Waals surface area contributed by atoms with Crippen molar-refractivity contribution in [2.24, 2.45) is 0 Å². The van der Waals surface area contributed by atoms with Gasteiger partial charge in [-0.25, -0.2) is 0 Å². The second kappa shape index (κ2) is 5.22. The smallest absolute Gasteiger partial charge is 0.249 e. The molecule has 4 nitrogen and oxygen atoms in total. The lowest BCUT2D eigenvalue weighted by Crippen LogP contribution is -2.52. The first-order valence-corrected chi connectivity index (χ1v) is 8.20. The fourth-order valence-electron chi connectivity index (χ4n) is 3.51. The third-order valence-electron chi connectivity index (χ3n) is 5.15. The van der Waals surface area contributed by atoms with Gasteiger partial charge in [0.2, 0.25) is 11.8 Å². The van der Waals surface area contributed by atoms with Crippen LogP contribution in [-0.4, -0.2) is 17.9 Å². The van der Waals surface area contributed by atoms with Crippen LogP contribution in [0.2, 0.25) is 0 Å². The molecule has 1 fully saturated rings. The van der Waals surface area contributed by atoms with Gasteiger partial charge in [0.25, 0.3) is 0 Å². The molecule has 1 aromatic carbocycles. The van der Waals surface area contributed by atoms with Crippen LogP contribution in [0.3, 0.4) is 0 Å². The standard InChI is InChI=1S/C19H24N2O2/c1-11(2)13-6-7-15-14(10-13)19(4,5)12(3)21(15)16-8-9-17(22)20-18(16)23/h6-7,10-11,16H,3,8-9H2,1-2,4-5H3,(H,20,22,23). The summed E-state index contributed by atoms with van der Waals surface area (Å²) in [5.74, 6) is 0.0405. The molecule has 1 N–H and O–H groups in total. The molecule has 122 valence electrons. The SMILES string of the molecule is C=C1N(C2CCC(=O)NC2=O)c2ccc(C(C)C)cc2C1(C)C. The number of piperidine rings is 1. The molecule has 2 amide bonds. The molecule has 1 saturated heterocycles. The van der Waals surface area contributed by atoms with Crippen molar-refractivity contribution in [3.63, 3.8) is 0 Å². The first-order valence-electron chi connectivity index (χ1n) is 8.20. The first-order chi connectivity index (χ1) is 10.7. The summed E-state index contributed by atoms with van der Waals surface area (Å²) in [6, 6.07) is 6.09. The molecule has 0 radical (unpaired) electrons. The third-order valence-corrected chi connectivity index (χ3v) is 5.15. The largest absolute Gasteiger partial charge is 0.332 e. The molecule has 4 heteroatoms. The summed E-state index contributed by atoms with van der Waals surface area (Å²) in [6.45, 7) is 12.9. The highest BCUT2D eigenvalue weighted by Gasteiger charge is 2.45. The maximum atomic E-state index is 12.3. The van der Waals surface area contributed by atoms with E-state index in [2.05, 4.69) is 57.8 Å². The molecule has 0 aromatic heterocycles. The summed E-state index contributed by atoms with van der Waals surface area (Å²) in [5.41, 5.74) is 4.23. The minimum absolute atomic E-state index is 0.189. The Bertz CT molecular complexity index is 703. The summed E-state index contributed by atoms with van der Waals surface area (Å²) < 4.78 is 0. The average Bonchev–Trinajstić information content (AvgIpc) is 2.67. The van der Waals surface area contributed by atoms with E-state index in [4.69, 9.17) is 0 Å². The van der Waals surface area contributed by atoms with Gasteiger partial charge in [0.05, 0.1) is 0 Å². The second-order valence-electron chi connectivity index (χ2n) is 7.34. The molecule has 2 heterocycles. The van der Waals surface area contributed by atoms with Gasteiger partial charge in [0.1, 0.15) is 6.04 Å². The van der Waals surface area contributed by atoms with Crippen molar-refractivity contribution in [2.45, 2.75) is 57.9 Å². The van der Waals surface area contributed by atoms with Gasteiger partial charge in [-0.05, 0) is 29.5 Å². The predicted molar refractivity (Wildman–Crippen MR) is 91.3 cm³/mol. The van der Waals surface area contributed by atoms with Gasteiger partial charge in [-0.1, -0.05) is 46.4 Å². The number of amides is 2. The van der Waals surface area contributed by atoms with Gasteiger partial charge in [-0.2, -0.15) is 0 Å². The van der Waals surface area contributed by atoms with Gasteiger partial charge >= 0.3 is 0 Å². The number of hydrogen-bond donors (Lipinski definition) is 1. The van der Waals surface area contributed by atoms with Gasteiger partial charge in [0, 0.05) is 23.2 Å². The Labute approximate surface area is 137 Å². The van der Waals surface area contributed by atoms with E-state index in [9.17, 15) is 9.59 Å². The molecule has 1 unspecified atom stereocenters. The van der Waals surface area contributed by atoms with Crippen molar-refractivity contribution in [3.8, 4) is 0 Å². The van der Waals surface area contributed by atoms with Crippen LogP contribution in [0.1, 0.15) is 57.6 Å². The Morgan fingerprint density at radius 3 is 2.61 bits per heavy atom. The Hall–Kier alpha value is -2.10. The van der Waals surface area contributed by atoms with Crippen LogP contribution in [-0.2, 0) is 15.0 Å². The Kier molecular flexibility index (Phi) is 3.58. The fraction of sp³-hybridized carbons (Fsp3) is 0.474. The average molecular weight is 312 g/mol. The summed E-state index contributed by atoms with van der Waals surface area (Å²) >= 11 is 0. The van der Waals surface area contributed by atoms with Crippen molar-refractivity contribution >= 4 is 17.5 Å². The highest BCUT2D eigenvalue weighted by atomic mass is 16.2. The van der Waals surface area contributed by atoms with E-state index in [-0.39, 0.29) is 23.3 Å².